The van der Waals surface area contributed by atoms with Gasteiger partial charge in [0.1, 0.15) is 16.8 Å². The first-order valence-corrected chi connectivity index (χ1v) is 9.43. The van der Waals surface area contributed by atoms with Crippen molar-refractivity contribution in [2.75, 3.05) is 5.32 Å². The molecule has 0 aliphatic carbocycles. The normalized spacial score (nSPS) is 10.8. The second-order valence-electron chi connectivity index (χ2n) is 6.50. The molecule has 1 N–H and O–H groups in total. The number of nitrogens with zero attached hydrogens (tertiary/aromatic N) is 5. The molecule has 0 unspecified atom stereocenters. The van der Waals surface area contributed by atoms with E-state index in [9.17, 15) is 14.9 Å². The lowest BCUT2D eigenvalue weighted by atomic mass is 10.1. The molecule has 2 heterocycles. The molecule has 11 heteroatoms. The number of rotatable bonds is 7. The number of carbonyl (C=O) groups is 1. The summed E-state index contributed by atoms with van der Waals surface area (Å²) in [5, 5.41) is 21.6. The molecule has 3 rings (SSSR count). The van der Waals surface area contributed by atoms with E-state index in [1.54, 1.807) is 17.8 Å². The van der Waals surface area contributed by atoms with Crippen LogP contribution in [0.25, 0.3) is 0 Å². The van der Waals surface area contributed by atoms with Gasteiger partial charge in [-0.2, -0.15) is 9.78 Å². The second-order valence-corrected chi connectivity index (χ2v) is 7.29. The number of carbonyl (C=O) groups excluding carboxylic acids is 1. The number of hydrogen-bond donors (Lipinski definition) is 1. The van der Waals surface area contributed by atoms with Gasteiger partial charge in [-0.25, -0.2) is 4.68 Å². The molecular formula is C18H19BrN6O4. The third kappa shape index (κ3) is 4.80. The minimum atomic E-state index is -0.606. The summed E-state index contributed by atoms with van der Waals surface area (Å²) in [6.07, 6.45) is 3.13. The van der Waals surface area contributed by atoms with Gasteiger partial charge in [0.25, 0.3) is 0 Å². The van der Waals surface area contributed by atoms with Gasteiger partial charge >= 0.3 is 5.82 Å². The van der Waals surface area contributed by atoms with Crippen molar-refractivity contribution in [3.05, 3.63) is 62.0 Å². The summed E-state index contributed by atoms with van der Waals surface area (Å²) in [5.74, 6) is 0.0533. The van der Waals surface area contributed by atoms with Crippen LogP contribution in [0.3, 0.4) is 0 Å². The van der Waals surface area contributed by atoms with Crippen LogP contribution in [0.2, 0.25) is 0 Å². The number of benzene rings is 1. The first-order valence-electron chi connectivity index (χ1n) is 8.64. The maximum atomic E-state index is 12.3. The van der Waals surface area contributed by atoms with E-state index in [0.717, 1.165) is 16.9 Å². The lowest BCUT2D eigenvalue weighted by Crippen LogP contribution is -2.20. The molecule has 0 spiro atoms. The monoisotopic (exact) mass is 462 g/mol. The second kappa shape index (κ2) is 8.43. The standard InChI is InChI=1S/C18H19BrN6O4/c1-11-4-5-15(12(2)6-11)29-10-23-8-14(7-20-23)21-16(26)9-24-13(3)17(19)18(22-24)25(27)28/h4-8H,9-10H2,1-3H3,(H,21,26). The van der Waals surface area contributed by atoms with Crippen LogP contribution in [-0.2, 0) is 18.1 Å². The van der Waals surface area contributed by atoms with Crippen LogP contribution in [-0.4, -0.2) is 30.4 Å². The van der Waals surface area contributed by atoms with Gasteiger partial charge in [-0.3, -0.25) is 4.79 Å². The molecule has 0 fully saturated rings. The Hall–Kier alpha value is -3.21. The summed E-state index contributed by atoms with van der Waals surface area (Å²) in [6.45, 7) is 5.65. The van der Waals surface area contributed by atoms with E-state index in [1.807, 2.05) is 32.0 Å². The van der Waals surface area contributed by atoms with Crippen LogP contribution >= 0.6 is 15.9 Å². The van der Waals surface area contributed by atoms with Crippen molar-refractivity contribution >= 4 is 33.3 Å². The molecular weight excluding hydrogens is 444 g/mol. The number of hydrogen-bond acceptors (Lipinski definition) is 6. The predicted molar refractivity (Wildman–Crippen MR) is 109 cm³/mol. The number of aromatic nitrogens is 4. The van der Waals surface area contributed by atoms with Crippen LogP contribution in [0.5, 0.6) is 5.75 Å². The van der Waals surface area contributed by atoms with Crippen LogP contribution in [0.4, 0.5) is 11.5 Å². The number of halogens is 1. The Labute approximate surface area is 174 Å². The lowest BCUT2D eigenvalue weighted by molar-refractivity contribution is -0.390. The van der Waals surface area contributed by atoms with Gasteiger partial charge in [-0.15, -0.1) is 0 Å². The largest absolute Gasteiger partial charge is 0.471 e. The molecule has 0 radical (unpaired) electrons. The average Bonchev–Trinajstić information content (AvgIpc) is 3.20. The highest BCUT2D eigenvalue weighted by Gasteiger charge is 2.24. The zero-order valence-corrected chi connectivity index (χ0v) is 17.6. The fourth-order valence-corrected chi connectivity index (χ4v) is 3.14. The maximum absolute atomic E-state index is 12.3. The molecule has 3 aromatic rings. The summed E-state index contributed by atoms with van der Waals surface area (Å²) in [4.78, 5) is 22.6. The van der Waals surface area contributed by atoms with Crippen molar-refractivity contribution in [3.63, 3.8) is 0 Å². The Morgan fingerprint density at radius 3 is 2.76 bits per heavy atom. The summed E-state index contributed by atoms with van der Waals surface area (Å²) in [6, 6.07) is 5.90. The molecule has 1 aromatic carbocycles. The molecule has 0 saturated carbocycles. The summed E-state index contributed by atoms with van der Waals surface area (Å²) in [5.41, 5.74) is 3.16. The minimum absolute atomic E-state index is 0.164. The van der Waals surface area contributed by atoms with Crippen molar-refractivity contribution in [1.82, 2.24) is 19.6 Å². The van der Waals surface area contributed by atoms with Crippen molar-refractivity contribution < 1.29 is 14.5 Å². The maximum Gasteiger partial charge on any atom is 0.404 e. The third-order valence-corrected chi connectivity index (χ3v) is 5.11. The first-order chi connectivity index (χ1) is 13.7. The average molecular weight is 463 g/mol. The van der Waals surface area contributed by atoms with E-state index in [2.05, 4.69) is 31.4 Å². The number of aryl methyl sites for hydroxylation is 2. The summed E-state index contributed by atoms with van der Waals surface area (Å²) >= 11 is 3.12. The Morgan fingerprint density at radius 1 is 1.34 bits per heavy atom. The van der Waals surface area contributed by atoms with Crippen molar-refractivity contribution in [1.29, 1.82) is 0 Å². The Kier molecular flexibility index (Phi) is 5.97. The fourth-order valence-electron chi connectivity index (χ4n) is 2.71. The van der Waals surface area contributed by atoms with Crippen molar-refractivity contribution in [3.8, 4) is 5.75 Å². The van der Waals surface area contributed by atoms with Crippen LogP contribution in [0, 0.1) is 30.9 Å². The number of amides is 1. The first kappa shape index (κ1) is 20.5. The Balaban J connectivity index is 1.59. The topological polar surface area (TPSA) is 117 Å². The van der Waals surface area contributed by atoms with E-state index in [4.69, 9.17) is 4.74 Å². The molecule has 0 aliphatic rings. The van der Waals surface area contributed by atoms with Crippen LogP contribution < -0.4 is 10.1 Å². The van der Waals surface area contributed by atoms with Gasteiger partial charge in [0.05, 0.1) is 28.9 Å². The van der Waals surface area contributed by atoms with Crippen LogP contribution in [0.1, 0.15) is 16.8 Å². The van der Waals surface area contributed by atoms with Gasteiger partial charge in [-0.1, -0.05) is 17.7 Å². The number of nitrogens with one attached hydrogen (secondary N) is 1. The lowest BCUT2D eigenvalue weighted by Gasteiger charge is -2.09. The molecule has 1 amide bonds. The van der Waals surface area contributed by atoms with Crippen LogP contribution in [0.15, 0.2) is 35.1 Å². The summed E-state index contributed by atoms with van der Waals surface area (Å²) in [7, 11) is 0. The number of ether oxygens (including phenoxy) is 1. The molecule has 152 valence electrons. The highest BCUT2D eigenvalue weighted by Crippen LogP contribution is 2.27. The Bertz CT molecular complexity index is 1070. The minimum Gasteiger partial charge on any atom is -0.471 e. The zero-order valence-electron chi connectivity index (χ0n) is 16.0. The smallest absolute Gasteiger partial charge is 0.404 e. The molecule has 0 bridgehead atoms. The molecule has 0 saturated heterocycles. The fraction of sp³-hybridized carbons (Fsp3) is 0.278. The van der Waals surface area contributed by atoms with Gasteiger partial charge in [0.15, 0.2) is 6.73 Å². The molecule has 2 aromatic heterocycles. The molecule has 0 atom stereocenters. The van der Waals surface area contributed by atoms with Crippen molar-refractivity contribution in [2.24, 2.45) is 0 Å². The van der Waals surface area contributed by atoms with Crippen molar-refractivity contribution in [2.45, 2.75) is 34.0 Å². The van der Waals surface area contributed by atoms with Gasteiger partial charge in [-0.05, 0) is 53.3 Å². The van der Waals surface area contributed by atoms with E-state index in [1.165, 1.54) is 10.9 Å². The highest BCUT2D eigenvalue weighted by atomic mass is 79.9. The highest BCUT2D eigenvalue weighted by molar-refractivity contribution is 9.10. The van der Waals surface area contributed by atoms with Gasteiger partial charge in [0, 0.05) is 0 Å². The Morgan fingerprint density at radius 2 is 2.10 bits per heavy atom. The van der Waals surface area contributed by atoms with E-state index < -0.39 is 4.92 Å². The van der Waals surface area contributed by atoms with E-state index in [0.29, 0.717) is 11.4 Å². The molecule has 10 nitrogen and oxygen atoms in total. The number of nitro groups is 1. The SMILES string of the molecule is Cc1ccc(OCn2cc(NC(=O)Cn3nc([N+](=O)[O-])c(Br)c3C)cn2)c(C)c1. The zero-order chi connectivity index (χ0) is 21.1. The van der Waals surface area contributed by atoms with Gasteiger partial charge < -0.3 is 20.2 Å². The summed E-state index contributed by atoms with van der Waals surface area (Å²) < 4.78 is 8.83. The van der Waals surface area contributed by atoms with E-state index >= 15 is 0 Å². The third-order valence-electron chi connectivity index (χ3n) is 4.18. The molecule has 29 heavy (non-hydrogen) atoms. The van der Waals surface area contributed by atoms with E-state index in [-0.39, 0.29) is 29.5 Å². The van der Waals surface area contributed by atoms with Gasteiger partial charge in [0.2, 0.25) is 5.91 Å². The molecule has 0 aliphatic heterocycles. The quantitative estimate of drug-likeness (QED) is 0.424. The number of anilines is 1. The predicted octanol–water partition coefficient (Wildman–Crippen LogP) is 3.35.